The van der Waals surface area contributed by atoms with Gasteiger partial charge in [0.1, 0.15) is 11.5 Å². The van der Waals surface area contributed by atoms with Crippen molar-refractivity contribution in [2.75, 3.05) is 26.2 Å². The predicted octanol–water partition coefficient (Wildman–Crippen LogP) is 1.08. The molecule has 0 bridgehead atoms. The van der Waals surface area contributed by atoms with Gasteiger partial charge in [-0.3, -0.25) is 14.7 Å². The molecule has 2 aromatic rings. The van der Waals surface area contributed by atoms with E-state index in [1.54, 1.807) is 28.0 Å². The van der Waals surface area contributed by atoms with Gasteiger partial charge in [0.2, 0.25) is 5.91 Å². The van der Waals surface area contributed by atoms with E-state index in [0.29, 0.717) is 31.9 Å². The zero-order chi connectivity index (χ0) is 16.2. The molecule has 0 aliphatic carbocycles. The van der Waals surface area contributed by atoms with E-state index in [2.05, 4.69) is 10.2 Å². The second kappa shape index (κ2) is 6.60. The van der Waals surface area contributed by atoms with Crippen LogP contribution in [0.5, 0.6) is 0 Å². The summed E-state index contributed by atoms with van der Waals surface area (Å²) in [5, 5.41) is 6.42. The van der Waals surface area contributed by atoms with Crippen molar-refractivity contribution in [1.82, 2.24) is 20.0 Å². The number of hydrogen-bond acceptors (Lipinski definition) is 3. The monoisotopic (exact) mass is 316 g/mol. The number of nitrogens with one attached hydrogen (secondary N) is 1. The Morgan fingerprint density at radius 1 is 1.04 bits per heavy atom. The highest BCUT2D eigenvalue weighted by molar-refractivity contribution is 5.92. The van der Waals surface area contributed by atoms with Crippen LogP contribution in [-0.4, -0.2) is 58.0 Å². The van der Waals surface area contributed by atoms with Crippen molar-refractivity contribution in [3.8, 4) is 0 Å². The molecule has 1 aromatic carbocycles. The number of carbonyl (C=O) groups excluding carboxylic acids is 2. The Hall–Kier alpha value is -2.70. The average molecular weight is 316 g/mol. The molecule has 7 heteroatoms. The third-order valence-electron chi connectivity index (χ3n) is 3.92. The van der Waals surface area contributed by atoms with Gasteiger partial charge in [-0.25, -0.2) is 4.39 Å². The van der Waals surface area contributed by atoms with Crippen LogP contribution in [0, 0.1) is 5.82 Å². The Morgan fingerprint density at radius 2 is 1.70 bits per heavy atom. The first-order chi connectivity index (χ1) is 11.1. The molecule has 23 heavy (non-hydrogen) atoms. The molecule has 6 nitrogen and oxygen atoms in total. The minimum absolute atomic E-state index is 0.00903. The summed E-state index contributed by atoms with van der Waals surface area (Å²) in [4.78, 5) is 27.9. The summed E-state index contributed by atoms with van der Waals surface area (Å²) in [6.45, 7) is 1.99. The van der Waals surface area contributed by atoms with Gasteiger partial charge in [-0.05, 0) is 23.8 Å². The number of carbonyl (C=O) groups is 2. The van der Waals surface area contributed by atoms with Crippen LogP contribution in [0.25, 0.3) is 0 Å². The Morgan fingerprint density at radius 3 is 2.30 bits per heavy atom. The number of aromatic amines is 1. The second-order valence-corrected chi connectivity index (χ2v) is 5.45. The van der Waals surface area contributed by atoms with Gasteiger partial charge in [-0.15, -0.1) is 0 Å². The van der Waals surface area contributed by atoms with Crippen LogP contribution in [0.3, 0.4) is 0 Å². The lowest BCUT2D eigenvalue weighted by atomic mass is 10.1. The highest BCUT2D eigenvalue weighted by atomic mass is 19.1. The first-order valence-corrected chi connectivity index (χ1v) is 7.44. The summed E-state index contributed by atoms with van der Waals surface area (Å²) in [5.41, 5.74) is 1.24. The molecular formula is C16H17FN4O2. The molecule has 0 unspecified atom stereocenters. The van der Waals surface area contributed by atoms with Crippen molar-refractivity contribution in [1.29, 1.82) is 0 Å². The number of halogens is 1. The zero-order valence-electron chi connectivity index (χ0n) is 12.5. The van der Waals surface area contributed by atoms with Gasteiger partial charge in [-0.2, -0.15) is 5.10 Å². The Bertz CT molecular complexity index is 677. The largest absolute Gasteiger partial charge is 0.339 e. The average Bonchev–Trinajstić information content (AvgIpc) is 3.11. The smallest absolute Gasteiger partial charge is 0.271 e. The van der Waals surface area contributed by atoms with Crippen molar-refractivity contribution in [2.45, 2.75) is 6.42 Å². The summed E-state index contributed by atoms with van der Waals surface area (Å²) in [6, 6.07) is 7.57. The minimum atomic E-state index is -0.313. The third kappa shape index (κ3) is 3.56. The molecule has 2 heterocycles. The molecule has 1 aliphatic heterocycles. The summed E-state index contributed by atoms with van der Waals surface area (Å²) in [7, 11) is 0. The lowest BCUT2D eigenvalue weighted by Gasteiger charge is -2.34. The molecule has 1 saturated heterocycles. The lowest BCUT2D eigenvalue weighted by Crippen LogP contribution is -2.51. The van der Waals surface area contributed by atoms with Gasteiger partial charge >= 0.3 is 0 Å². The van der Waals surface area contributed by atoms with E-state index in [4.69, 9.17) is 0 Å². The van der Waals surface area contributed by atoms with Gasteiger partial charge in [0, 0.05) is 32.4 Å². The van der Waals surface area contributed by atoms with Gasteiger partial charge in [0.25, 0.3) is 5.91 Å². The zero-order valence-corrected chi connectivity index (χ0v) is 12.5. The highest BCUT2D eigenvalue weighted by Gasteiger charge is 2.25. The molecule has 120 valence electrons. The minimum Gasteiger partial charge on any atom is -0.339 e. The number of piperazine rings is 1. The Kier molecular flexibility index (Phi) is 4.36. The topological polar surface area (TPSA) is 69.3 Å². The van der Waals surface area contributed by atoms with Crippen molar-refractivity contribution < 1.29 is 14.0 Å². The molecule has 3 rings (SSSR count). The van der Waals surface area contributed by atoms with Crippen molar-refractivity contribution >= 4 is 11.8 Å². The molecule has 0 spiro atoms. The Balaban J connectivity index is 1.53. The third-order valence-corrected chi connectivity index (χ3v) is 3.92. The number of amides is 2. The van der Waals surface area contributed by atoms with Gasteiger partial charge < -0.3 is 9.80 Å². The summed E-state index contributed by atoms with van der Waals surface area (Å²) < 4.78 is 12.9. The Labute approximate surface area is 132 Å². The quantitative estimate of drug-likeness (QED) is 0.921. The van der Waals surface area contributed by atoms with Crippen molar-refractivity contribution in [2.24, 2.45) is 0 Å². The van der Waals surface area contributed by atoms with Crippen LogP contribution < -0.4 is 0 Å². The van der Waals surface area contributed by atoms with E-state index in [1.165, 1.54) is 18.3 Å². The van der Waals surface area contributed by atoms with Crippen molar-refractivity contribution in [3.05, 3.63) is 53.6 Å². The first-order valence-electron chi connectivity index (χ1n) is 7.44. The maximum atomic E-state index is 12.9. The number of rotatable bonds is 3. The molecule has 0 saturated carbocycles. The molecule has 1 fully saturated rings. The fraction of sp³-hybridized carbons (Fsp3) is 0.312. The molecular weight excluding hydrogens is 299 g/mol. The van der Waals surface area contributed by atoms with E-state index in [-0.39, 0.29) is 24.1 Å². The van der Waals surface area contributed by atoms with E-state index < -0.39 is 0 Å². The number of benzene rings is 1. The maximum absolute atomic E-state index is 12.9. The molecule has 1 aliphatic rings. The van der Waals surface area contributed by atoms with Crippen LogP contribution in [0.15, 0.2) is 36.5 Å². The number of aromatic nitrogens is 2. The van der Waals surface area contributed by atoms with Gasteiger partial charge in [-0.1, -0.05) is 12.1 Å². The molecule has 1 N–H and O–H groups in total. The van der Waals surface area contributed by atoms with Gasteiger partial charge in [0.15, 0.2) is 0 Å². The maximum Gasteiger partial charge on any atom is 0.271 e. The lowest BCUT2D eigenvalue weighted by molar-refractivity contribution is -0.131. The van der Waals surface area contributed by atoms with E-state index >= 15 is 0 Å². The van der Waals surface area contributed by atoms with E-state index in [9.17, 15) is 14.0 Å². The van der Waals surface area contributed by atoms with Crippen LogP contribution in [0.2, 0.25) is 0 Å². The van der Waals surface area contributed by atoms with E-state index in [0.717, 1.165) is 5.56 Å². The summed E-state index contributed by atoms with van der Waals surface area (Å²) in [5.74, 6) is -0.425. The SMILES string of the molecule is O=C(Cc1ccc(F)cc1)N1CCN(C(=O)c2ccn[nH]2)CC1. The fourth-order valence-electron chi connectivity index (χ4n) is 2.59. The number of hydrogen-bond donors (Lipinski definition) is 1. The normalized spacial score (nSPS) is 14.8. The van der Waals surface area contributed by atoms with Gasteiger partial charge in [0.05, 0.1) is 6.42 Å². The van der Waals surface area contributed by atoms with Crippen LogP contribution >= 0.6 is 0 Å². The predicted molar refractivity (Wildman–Crippen MR) is 81.2 cm³/mol. The van der Waals surface area contributed by atoms with E-state index in [1.807, 2.05) is 0 Å². The van der Waals surface area contributed by atoms with Crippen LogP contribution in [0.4, 0.5) is 4.39 Å². The molecule has 0 atom stereocenters. The standard InChI is InChI=1S/C16H17FN4O2/c17-13-3-1-12(2-4-13)11-15(22)20-7-9-21(10-8-20)16(23)14-5-6-18-19-14/h1-6H,7-11H2,(H,18,19). The highest BCUT2D eigenvalue weighted by Crippen LogP contribution is 2.10. The van der Waals surface area contributed by atoms with Crippen LogP contribution in [0.1, 0.15) is 16.1 Å². The fourth-order valence-corrected chi connectivity index (χ4v) is 2.59. The molecule has 0 radical (unpaired) electrons. The first kappa shape index (κ1) is 15.2. The number of nitrogens with zero attached hydrogens (tertiary/aromatic N) is 3. The van der Waals surface area contributed by atoms with Crippen molar-refractivity contribution in [3.63, 3.8) is 0 Å². The number of H-pyrrole nitrogens is 1. The summed E-state index contributed by atoms with van der Waals surface area (Å²) in [6.07, 6.45) is 1.78. The summed E-state index contributed by atoms with van der Waals surface area (Å²) >= 11 is 0. The molecule has 2 amide bonds. The van der Waals surface area contributed by atoms with Crippen LogP contribution in [-0.2, 0) is 11.2 Å². The second-order valence-electron chi connectivity index (χ2n) is 5.45. The molecule has 1 aromatic heterocycles.